The first kappa shape index (κ1) is 21.7. The lowest BCUT2D eigenvalue weighted by atomic mass is 9.72. The maximum absolute atomic E-state index is 11.5. The summed E-state index contributed by atoms with van der Waals surface area (Å²) in [5.41, 5.74) is 2.75. The Labute approximate surface area is 184 Å². The lowest BCUT2D eigenvalue weighted by molar-refractivity contribution is -0.190. The average molecular weight is 420 g/mol. The molecule has 2 aliphatic rings. The van der Waals surface area contributed by atoms with Crippen LogP contribution in [-0.2, 0) is 20.8 Å². The van der Waals surface area contributed by atoms with E-state index in [2.05, 4.69) is 29.2 Å². The first-order valence-electron chi connectivity index (χ1n) is 10.9. The minimum absolute atomic E-state index is 0.344. The van der Waals surface area contributed by atoms with Gasteiger partial charge in [-0.05, 0) is 36.1 Å². The molecular formula is C26H29NO4. The van der Waals surface area contributed by atoms with E-state index in [-0.39, 0.29) is 5.41 Å². The van der Waals surface area contributed by atoms with Crippen molar-refractivity contribution in [3.05, 3.63) is 76.2 Å². The van der Waals surface area contributed by atoms with Crippen molar-refractivity contribution in [2.75, 3.05) is 19.8 Å². The van der Waals surface area contributed by atoms with Crippen molar-refractivity contribution in [3.63, 3.8) is 0 Å². The Kier molecular flexibility index (Phi) is 6.82. The van der Waals surface area contributed by atoms with Crippen LogP contribution in [0, 0.1) is 29.1 Å². The molecule has 2 aromatic carbocycles. The van der Waals surface area contributed by atoms with Crippen LogP contribution in [0.4, 0.5) is 0 Å². The Morgan fingerprint density at radius 3 is 2.32 bits per heavy atom. The van der Waals surface area contributed by atoms with E-state index in [4.69, 9.17) is 14.2 Å². The first-order valence-corrected chi connectivity index (χ1v) is 10.9. The molecule has 0 N–H and O–H groups in total. The van der Waals surface area contributed by atoms with Crippen molar-refractivity contribution in [3.8, 4) is 11.8 Å². The van der Waals surface area contributed by atoms with Crippen molar-refractivity contribution in [1.82, 2.24) is 0 Å². The zero-order valence-electron chi connectivity index (χ0n) is 18.0. The lowest BCUT2D eigenvalue weighted by Gasteiger charge is -2.40. The Morgan fingerprint density at radius 1 is 1.00 bits per heavy atom. The molecule has 2 aromatic rings. The molecule has 1 heterocycles. The van der Waals surface area contributed by atoms with Crippen LogP contribution in [0.15, 0.2) is 59.8 Å². The normalized spacial score (nSPS) is 20.0. The van der Waals surface area contributed by atoms with Crippen molar-refractivity contribution in [2.24, 2.45) is 10.6 Å². The van der Waals surface area contributed by atoms with Crippen LogP contribution in [-0.4, -0.2) is 25.6 Å². The molecule has 1 aliphatic carbocycles. The van der Waals surface area contributed by atoms with E-state index in [0.29, 0.717) is 26.4 Å². The molecule has 1 saturated carbocycles. The zero-order valence-corrected chi connectivity index (χ0v) is 18.0. The van der Waals surface area contributed by atoms with Crippen LogP contribution < -0.4 is 0 Å². The molecule has 0 radical (unpaired) electrons. The Balaban J connectivity index is 1.50. The molecule has 1 atom stereocenters. The van der Waals surface area contributed by atoms with Gasteiger partial charge in [-0.25, -0.2) is 0 Å². The first-order chi connectivity index (χ1) is 15.1. The molecule has 2 fully saturated rings. The van der Waals surface area contributed by atoms with E-state index < -0.39 is 11.8 Å². The van der Waals surface area contributed by atoms with Gasteiger partial charge in [0.2, 0.25) is 0 Å². The zero-order chi connectivity index (χ0) is 21.6. The van der Waals surface area contributed by atoms with Crippen molar-refractivity contribution in [1.29, 1.82) is 0 Å². The fourth-order valence-electron chi connectivity index (χ4n) is 4.28. The monoisotopic (exact) mass is 419 g/mol. The number of ether oxygens (including phenoxy) is 3. The van der Waals surface area contributed by atoms with Crippen LogP contribution in [0.3, 0.4) is 0 Å². The summed E-state index contributed by atoms with van der Waals surface area (Å²) in [5, 5.41) is 3.29. The number of rotatable bonds is 6. The third-order valence-corrected chi connectivity index (χ3v) is 6.24. The van der Waals surface area contributed by atoms with Crippen molar-refractivity contribution >= 4 is 0 Å². The van der Waals surface area contributed by atoms with Gasteiger partial charge < -0.3 is 14.2 Å². The van der Waals surface area contributed by atoms with Gasteiger partial charge in [-0.2, -0.15) is 0 Å². The molecule has 1 aliphatic heterocycles. The smallest absolute Gasteiger partial charge is 0.177 e. The maximum atomic E-state index is 11.5. The number of aryl methyl sites for hydroxylation is 1. The molecule has 1 saturated heterocycles. The van der Waals surface area contributed by atoms with E-state index in [1.54, 1.807) is 0 Å². The van der Waals surface area contributed by atoms with E-state index in [1.165, 1.54) is 0 Å². The Hall–Kier alpha value is -2.52. The van der Waals surface area contributed by atoms with Gasteiger partial charge in [0, 0.05) is 12.8 Å². The summed E-state index contributed by atoms with van der Waals surface area (Å²) in [4.78, 5) is 11.5. The highest BCUT2D eigenvalue weighted by molar-refractivity contribution is 5.31. The largest absolute Gasteiger partial charge is 0.375 e. The minimum Gasteiger partial charge on any atom is -0.375 e. The van der Waals surface area contributed by atoms with Gasteiger partial charge in [-0.3, -0.25) is 0 Å². The molecule has 0 aromatic heterocycles. The third kappa shape index (κ3) is 5.40. The lowest BCUT2D eigenvalue weighted by Crippen LogP contribution is -2.41. The molecule has 1 spiro atoms. The van der Waals surface area contributed by atoms with Crippen LogP contribution in [0.2, 0.25) is 0 Å². The summed E-state index contributed by atoms with van der Waals surface area (Å²) >= 11 is 0. The second-order valence-corrected chi connectivity index (χ2v) is 8.55. The standard InChI is InChI=1S/C26H29NO4/c1-21-7-9-23(10-8-21)24(27-28)11-12-25(20-29-19-22-5-3-2-4-6-22)13-15-26(16-14-25)30-17-18-31-26/h2-10,24H,13-20H2,1H3. The highest BCUT2D eigenvalue weighted by Gasteiger charge is 2.46. The molecule has 0 amide bonds. The fourth-order valence-corrected chi connectivity index (χ4v) is 4.28. The second kappa shape index (κ2) is 9.74. The number of hydrogen-bond acceptors (Lipinski definition) is 5. The molecule has 5 heteroatoms. The van der Waals surface area contributed by atoms with Gasteiger partial charge in [0.1, 0.15) is 0 Å². The predicted molar refractivity (Wildman–Crippen MR) is 119 cm³/mol. The topological polar surface area (TPSA) is 57.1 Å². The van der Waals surface area contributed by atoms with Gasteiger partial charge in [0.25, 0.3) is 0 Å². The number of hydrogen-bond donors (Lipinski definition) is 0. The van der Waals surface area contributed by atoms with Gasteiger partial charge in [0.15, 0.2) is 11.8 Å². The van der Waals surface area contributed by atoms with Gasteiger partial charge in [-0.15, -0.1) is 4.91 Å². The molecular weight excluding hydrogens is 390 g/mol. The molecule has 31 heavy (non-hydrogen) atoms. The molecule has 162 valence electrons. The highest BCUT2D eigenvalue weighted by atomic mass is 16.7. The number of benzene rings is 2. The van der Waals surface area contributed by atoms with Crippen molar-refractivity contribution < 1.29 is 14.2 Å². The SMILES string of the molecule is Cc1ccc(C(C#CC2(COCc3ccccc3)CCC3(CC2)OCCO3)N=O)cc1. The molecule has 4 rings (SSSR count). The number of nitrogens with zero attached hydrogens (tertiary/aromatic N) is 1. The van der Waals surface area contributed by atoms with Crippen LogP contribution in [0.25, 0.3) is 0 Å². The average Bonchev–Trinajstić information content (AvgIpc) is 3.27. The summed E-state index contributed by atoms with van der Waals surface area (Å²) < 4.78 is 17.9. The number of nitroso groups, excluding NO2 is 1. The van der Waals surface area contributed by atoms with Crippen LogP contribution >= 0.6 is 0 Å². The fraction of sp³-hybridized carbons (Fsp3) is 0.462. The summed E-state index contributed by atoms with van der Waals surface area (Å²) in [6.07, 6.45) is 3.16. The predicted octanol–water partition coefficient (Wildman–Crippen LogP) is 5.33. The third-order valence-electron chi connectivity index (χ3n) is 6.24. The summed E-state index contributed by atoms with van der Waals surface area (Å²) in [6, 6.07) is 17.2. The van der Waals surface area contributed by atoms with Gasteiger partial charge in [0.05, 0.1) is 31.8 Å². The maximum Gasteiger partial charge on any atom is 0.177 e. The Morgan fingerprint density at radius 2 is 1.68 bits per heavy atom. The van der Waals surface area contributed by atoms with Crippen LogP contribution in [0.5, 0.6) is 0 Å². The van der Waals surface area contributed by atoms with Crippen LogP contribution in [0.1, 0.15) is 48.4 Å². The van der Waals surface area contributed by atoms with Gasteiger partial charge in [-0.1, -0.05) is 72.0 Å². The Bertz CT molecular complexity index is 913. The van der Waals surface area contributed by atoms with Gasteiger partial charge >= 0.3 is 0 Å². The van der Waals surface area contributed by atoms with E-state index >= 15 is 0 Å². The summed E-state index contributed by atoms with van der Waals surface area (Å²) in [6.45, 7) is 4.35. The highest BCUT2D eigenvalue weighted by Crippen LogP contribution is 2.45. The van der Waals surface area contributed by atoms with E-state index in [9.17, 15) is 4.91 Å². The second-order valence-electron chi connectivity index (χ2n) is 8.55. The molecule has 0 bridgehead atoms. The summed E-state index contributed by atoms with van der Waals surface area (Å²) in [7, 11) is 0. The summed E-state index contributed by atoms with van der Waals surface area (Å²) in [5.74, 6) is 6.10. The van der Waals surface area contributed by atoms with Crippen molar-refractivity contribution in [2.45, 2.75) is 51.0 Å². The minimum atomic E-state index is -0.679. The van der Waals surface area contributed by atoms with E-state index in [1.807, 2.05) is 49.4 Å². The molecule has 5 nitrogen and oxygen atoms in total. The van der Waals surface area contributed by atoms with E-state index in [0.717, 1.165) is 42.4 Å². The molecule has 1 unspecified atom stereocenters. The quantitative estimate of drug-likeness (QED) is 0.469.